The molecule has 70 heavy (non-hydrogen) atoms. The normalized spacial score (nSPS) is 18.6. The van der Waals surface area contributed by atoms with Crippen LogP contribution in [-0.2, 0) is 21.2 Å². The van der Waals surface area contributed by atoms with Gasteiger partial charge in [0.1, 0.15) is 24.8 Å². The summed E-state index contributed by atoms with van der Waals surface area (Å²) in [7, 11) is 0.832. The van der Waals surface area contributed by atoms with Gasteiger partial charge in [0, 0.05) is 106 Å². The van der Waals surface area contributed by atoms with Gasteiger partial charge < -0.3 is 29.7 Å². The molecule has 4 aliphatic heterocycles. The SMILES string of the molecule is COc1cc(N2CCN(C[C@H]3CCN(c4ccc5c(c4)C(=O)N(C4CCC(=O)NC4=O)C5=O)C3)CC2)c(-c2cnn(C)c2)cc1Nc1ncc(Br)c(Nc2ccc(-c3ccccc3)cc2P(C)(C)=O)n1. The second-order valence-corrected chi connectivity index (χ2v) is 22.7. The third kappa shape index (κ3) is 9.42. The third-order valence-corrected chi connectivity index (χ3v) is 15.7. The van der Waals surface area contributed by atoms with Gasteiger partial charge in [0.25, 0.3) is 11.8 Å². The molecule has 3 fully saturated rings. The first-order chi connectivity index (χ1) is 33.7. The summed E-state index contributed by atoms with van der Waals surface area (Å²) >= 11 is 3.63. The van der Waals surface area contributed by atoms with Crippen LogP contribution in [0.3, 0.4) is 0 Å². The van der Waals surface area contributed by atoms with E-state index in [0.717, 1.165) is 90.8 Å². The molecule has 1 unspecified atom stereocenters. The fourth-order valence-corrected chi connectivity index (χ4v) is 11.4. The van der Waals surface area contributed by atoms with Gasteiger partial charge in [-0.3, -0.25) is 39.0 Å². The molecule has 0 saturated carbocycles. The molecule has 360 valence electrons. The number of carbonyl (C=O) groups excluding carboxylic acids is 4. The van der Waals surface area contributed by atoms with Crippen LogP contribution < -0.4 is 35.8 Å². The van der Waals surface area contributed by atoms with E-state index in [9.17, 15) is 23.7 Å². The lowest BCUT2D eigenvalue weighted by Crippen LogP contribution is -2.54. The lowest BCUT2D eigenvalue weighted by molar-refractivity contribution is -0.136. The van der Waals surface area contributed by atoms with Gasteiger partial charge in [-0.05, 0) is 95.5 Å². The van der Waals surface area contributed by atoms with Gasteiger partial charge in [0.15, 0.2) is 0 Å². The number of aryl methyl sites for hydroxylation is 1. The van der Waals surface area contributed by atoms with Crippen LogP contribution in [0.25, 0.3) is 22.3 Å². The average molecular weight is 1030 g/mol. The van der Waals surface area contributed by atoms with E-state index in [0.29, 0.717) is 50.1 Å². The summed E-state index contributed by atoms with van der Waals surface area (Å²) < 4.78 is 22.1. The Kier molecular flexibility index (Phi) is 12.8. The summed E-state index contributed by atoms with van der Waals surface area (Å²) in [6, 6.07) is 24.4. The zero-order valence-corrected chi connectivity index (χ0v) is 41.8. The summed E-state index contributed by atoms with van der Waals surface area (Å²) in [6.07, 6.45) is 6.73. The molecule has 0 spiro atoms. The quantitative estimate of drug-likeness (QED) is 0.0786. The molecule has 2 aromatic heterocycles. The molecule has 4 aromatic carbocycles. The number of rotatable bonds is 13. The summed E-state index contributed by atoms with van der Waals surface area (Å²) in [5.74, 6) is -0.141. The number of hydrogen-bond acceptors (Lipinski definition) is 14. The fourth-order valence-electron chi connectivity index (χ4n) is 9.95. The van der Waals surface area contributed by atoms with Crippen LogP contribution in [0.5, 0.6) is 5.75 Å². The Morgan fingerprint density at radius 1 is 0.800 bits per heavy atom. The number of hydrogen-bond donors (Lipinski definition) is 3. The maximum Gasteiger partial charge on any atom is 0.262 e. The number of carbonyl (C=O) groups is 4. The molecule has 4 amide bonds. The van der Waals surface area contributed by atoms with E-state index >= 15 is 0 Å². The van der Waals surface area contributed by atoms with Crippen molar-refractivity contribution in [1.82, 2.24) is 34.9 Å². The van der Waals surface area contributed by atoms with Crippen LogP contribution in [0.4, 0.5) is 34.5 Å². The molecular formula is C51H53BrN11O6P. The minimum atomic E-state index is -2.72. The first-order valence-corrected chi connectivity index (χ1v) is 26.7. The fraction of sp³-hybridized carbons (Fsp3) is 0.314. The molecule has 2 atom stereocenters. The molecule has 3 N–H and O–H groups in total. The molecule has 0 bridgehead atoms. The Hall–Kier alpha value is -6.88. The lowest BCUT2D eigenvalue weighted by Gasteiger charge is -2.38. The topological polar surface area (TPSA) is 187 Å². The molecule has 19 heteroatoms. The average Bonchev–Trinajstić information content (AvgIpc) is 4.07. The van der Waals surface area contributed by atoms with Gasteiger partial charge in [0.2, 0.25) is 17.8 Å². The molecule has 0 radical (unpaired) electrons. The number of imide groups is 2. The number of fused-ring (bicyclic) bond motifs is 1. The van der Waals surface area contributed by atoms with E-state index in [1.54, 1.807) is 43.5 Å². The maximum atomic E-state index is 13.6. The Balaban J connectivity index is 0.816. The molecule has 6 heterocycles. The summed E-state index contributed by atoms with van der Waals surface area (Å²) in [5.41, 5.74) is 7.80. The van der Waals surface area contributed by atoms with Crippen molar-refractivity contribution in [2.75, 3.05) is 86.7 Å². The van der Waals surface area contributed by atoms with Gasteiger partial charge in [-0.25, -0.2) is 4.98 Å². The summed E-state index contributed by atoms with van der Waals surface area (Å²) in [4.78, 5) is 68.7. The van der Waals surface area contributed by atoms with Crippen LogP contribution >= 0.6 is 23.1 Å². The lowest BCUT2D eigenvalue weighted by atomic mass is 10.0. The van der Waals surface area contributed by atoms with Crippen molar-refractivity contribution in [3.05, 3.63) is 113 Å². The van der Waals surface area contributed by atoms with Crippen LogP contribution in [0.1, 0.15) is 40.0 Å². The van der Waals surface area contributed by atoms with Gasteiger partial charge in [-0.15, -0.1) is 0 Å². The number of halogens is 1. The number of benzene rings is 4. The number of nitrogens with one attached hydrogen (secondary N) is 3. The Morgan fingerprint density at radius 2 is 1.59 bits per heavy atom. The number of methoxy groups -OCH3 is 1. The molecular weight excluding hydrogens is 974 g/mol. The number of piperidine rings is 1. The smallest absolute Gasteiger partial charge is 0.262 e. The van der Waals surface area contributed by atoms with Crippen LogP contribution in [0.2, 0.25) is 0 Å². The summed E-state index contributed by atoms with van der Waals surface area (Å²) in [6.45, 7) is 9.42. The molecule has 17 nitrogen and oxygen atoms in total. The zero-order valence-electron chi connectivity index (χ0n) is 39.3. The van der Waals surface area contributed by atoms with E-state index in [4.69, 9.17) is 9.72 Å². The van der Waals surface area contributed by atoms with Gasteiger partial charge in [0.05, 0.1) is 40.3 Å². The Bertz CT molecular complexity index is 3100. The first kappa shape index (κ1) is 46.8. The van der Waals surface area contributed by atoms with Gasteiger partial charge in [-0.2, -0.15) is 10.1 Å². The van der Waals surface area contributed by atoms with Gasteiger partial charge in [-0.1, -0.05) is 36.4 Å². The highest BCUT2D eigenvalue weighted by Crippen LogP contribution is 2.43. The van der Waals surface area contributed by atoms with Crippen molar-refractivity contribution in [3.63, 3.8) is 0 Å². The second kappa shape index (κ2) is 19.1. The molecule has 4 aliphatic rings. The van der Waals surface area contributed by atoms with Crippen LogP contribution in [0.15, 0.2) is 102 Å². The first-order valence-electron chi connectivity index (χ1n) is 23.3. The molecule has 3 saturated heterocycles. The van der Waals surface area contributed by atoms with E-state index in [1.807, 2.05) is 74.0 Å². The second-order valence-electron chi connectivity index (χ2n) is 18.6. The molecule has 6 aromatic rings. The highest BCUT2D eigenvalue weighted by atomic mass is 79.9. The number of aromatic nitrogens is 4. The van der Waals surface area contributed by atoms with E-state index < -0.39 is 36.8 Å². The largest absolute Gasteiger partial charge is 0.494 e. The highest BCUT2D eigenvalue weighted by Gasteiger charge is 2.45. The molecule has 10 rings (SSSR count). The monoisotopic (exact) mass is 1030 g/mol. The van der Waals surface area contributed by atoms with Crippen molar-refractivity contribution in [2.24, 2.45) is 13.0 Å². The van der Waals surface area contributed by atoms with Crippen molar-refractivity contribution in [1.29, 1.82) is 0 Å². The van der Waals surface area contributed by atoms with E-state index in [-0.39, 0.29) is 18.4 Å². The number of piperazine rings is 1. The van der Waals surface area contributed by atoms with Crippen molar-refractivity contribution in [3.8, 4) is 28.0 Å². The number of ether oxygens (including phenoxy) is 1. The number of nitrogens with zero attached hydrogens (tertiary/aromatic N) is 8. The standard InChI is InChI=1S/C51H53BrN11O6P/c1-59-30-34(26-54-59)37-24-41(56-51-53-27-39(52)47(58-51)55-40-13-10-33(22-45(40)70(3,4)68)32-8-6-5-7-9-32)44(69-2)25-43(37)61-20-18-60(19-21-61)28-31-16-17-62(29-31)35-11-12-36-38(23-35)50(67)63(49(36)66)42-14-15-46(64)57-48(42)65/h5-13,22-27,30-31,42H,14-21,28-29H2,1-4H3,(H,57,64,65)(H2,53,55,56,58)/t31-,42?/m1/s1. The highest BCUT2D eigenvalue weighted by molar-refractivity contribution is 9.10. The maximum absolute atomic E-state index is 13.6. The predicted octanol–water partition coefficient (Wildman–Crippen LogP) is 7.10. The number of amides is 4. The van der Waals surface area contributed by atoms with E-state index in [1.165, 1.54) is 0 Å². The Morgan fingerprint density at radius 3 is 2.31 bits per heavy atom. The zero-order chi connectivity index (χ0) is 48.8. The van der Waals surface area contributed by atoms with Crippen molar-refractivity contribution < 1.29 is 28.5 Å². The minimum absolute atomic E-state index is 0.0794. The third-order valence-electron chi connectivity index (χ3n) is 13.6. The van der Waals surface area contributed by atoms with Crippen molar-refractivity contribution >= 4 is 86.5 Å². The van der Waals surface area contributed by atoms with Crippen LogP contribution in [-0.4, -0.2) is 125 Å². The van der Waals surface area contributed by atoms with E-state index in [2.05, 4.69) is 68.8 Å². The van der Waals surface area contributed by atoms with Crippen LogP contribution in [0, 0.1) is 5.92 Å². The predicted molar refractivity (Wildman–Crippen MR) is 275 cm³/mol. The number of anilines is 6. The van der Waals surface area contributed by atoms with Crippen molar-refractivity contribution in [2.45, 2.75) is 25.3 Å². The summed E-state index contributed by atoms with van der Waals surface area (Å²) in [5, 5.41) is 14.3. The molecule has 0 aliphatic carbocycles. The van der Waals surface area contributed by atoms with Gasteiger partial charge >= 0.3 is 0 Å². The minimum Gasteiger partial charge on any atom is -0.494 e. The Labute approximate surface area is 414 Å².